The summed E-state index contributed by atoms with van der Waals surface area (Å²) in [6.45, 7) is 18.7. The Labute approximate surface area is 135 Å². The average Bonchev–Trinajstić information content (AvgIpc) is 2.29. The highest BCUT2D eigenvalue weighted by Gasteiger charge is 2.36. The Morgan fingerprint density at radius 1 is 1.10 bits per heavy atom. The molecule has 0 spiro atoms. The molecule has 126 valence electrons. The Bertz CT molecular complexity index is 322. The van der Waals surface area contributed by atoms with Gasteiger partial charge in [0.2, 0.25) is 0 Å². The van der Waals surface area contributed by atoms with E-state index in [1.807, 2.05) is 20.8 Å². The molecule has 4 nitrogen and oxygen atoms in total. The fraction of sp³-hybridized carbons (Fsp3) is 0.933. The maximum Gasteiger partial charge on any atom is 0.191 e. The van der Waals surface area contributed by atoms with Crippen molar-refractivity contribution in [3.63, 3.8) is 0 Å². The van der Waals surface area contributed by atoms with Gasteiger partial charge in [-0.25, -0.2) is 0 Å². The van der Waals surface area contributed by atoms with Gasteiger partial charge in [-0.05, 0) is 45.3 Å². The first-order valence-electron chi connectivity index (χ1n) is 7.54. The first-order chi connectivity index (χ1) is 9.38. The zero-order valence-electron chi connectivity index (χ0n) is 15.0. The highest BCUT2D eigenvalue weighted by atomic mass is 32.2. The minimum atomic E-state index is -1.64. The molecule has 0 aliphatic carbocycles. The molecular weight excluding hydrogens is 302 g/mol. The topological polar surface area (TPSA) is 53.9 Å². The van der Waals surface area contributed by atoms with Crippen LogP contribution in [0, 0.1) is 0 Å². The van der Waals surface area contributed by atoms with E-state index in [4.69, 9.17) is 9.16 Å². The van der Waals surface area contributed by atoms with Gasteiger partial charge in [-0.15, -0.1) is 0 Å². The third-order valence-corrected chi connectivity index (χ3v) is 9.52. The average molecular weight is 336 g/mol. The second kappa shape index (κ2) is 8.67. The predicted octanol–water partition coefficient (Wildman–Crippen LogP) is 3.95. The summed E-state index contributed by atoms with van der Waals surface area (Å²) >= 11 is -1.20. The molecule has 0 rings (SSSR count). The summed E-state index contributed by atoms with van der Waals surface area (Å²) in [6, 6.07) is 0. The summed E-state index contributed by atoms with van der Waals surface area (Å²) in [5.41, 5.74) is 0. The van der Waals surface area contributed by atoms with E-state index in [0.29, 0.717) is 13.2 Å². The van der Waals surface area contributed by atoms with Gasteiger partial charge in [-0.1, -0.05) is 25.2 Å². The van der Waals surface area contributed by atoms with Crippen LogP contribution in [0.1, 0.15) is 48.0 Å². The number of rotatable bonds is 8. The van der Waals surface area contributed by atoms with Gasteiger partial charge in [0.25, 0.3) is 0 Å². The van der Waals surface area contributed by atoms with E-state index in [1.54, 1.807) is 6.21 Å². The summed E-state index contributed by atoms with van der Waals surface area (Å²) in [7, 11) is -1.64. The zero-order chi connectivity index (χ0) is 16.7. The van der Waals surface area contributed by atoms with E-state index in [9.17, 15) is 4.55 Å². The van der Waals surface area contributed by atoms with E-state index < -0.39 is 19.7 Å². The molecule has 0 aliphatic rings. The van der Waals surface area contributed by atoms with Crippen molar-refractivity contribution in [3.8, 4) is 0 Å². The number of hydrogen-bond acceptors (Lipinski definition) is 4. The van der Waals surface area contributed by atoms with E-state index >= 15 is 0 Å². The minimum Gasteiger partial charge on any atom is -0.591 e. The van der Waals surface area contributed by atoms with Crippen molar-refractivity contribution in [2.75, 3.05) is 19.8 Å². The molecule has 0 aliphatic heterocycles. The van der Waals surface area contributed by atoms with Crippen molar-refractivity contribution in [3.05, 3.63) is 0 Å². The first-order valence-corrected chi connectivity index (χ1v) is 11.6. The Balaban J connectivity index is 3.74. The Morgan fingerprint density at radius 2 is 1.67 bits per heavy atom. The fourth-order valence-electron chi connectivity index (χ4n) is 1.10. The molecular formula is C15H33NO3SSi. The molecule has 0 fully saturated rings. The van der Waals surface area contributed by atoms with Gasteiger partial charge in [0.15, 0.2) is 8.32 Å². The van der Waals surface area contributed by atoms with Crippen molar-refractivity contribution in [1.29, 1.82) is 0 Å². The maximum atomic E-state index is 11.6. The maximum absolute atomic E-state index is 11.6. The van der Waals surface area contributed by atoms with Crippen LogP contribution < -0.4 is 0 Å². The Morgan fingerprint density at radius 3 is 2.14 bits per heavy atom. The van der Waals surface area contributed by atoms with Crippen molar-refractivity contribution in [2.45, 2.75) is 70.8 Å². The van der Waals surface area contributed by atoms with Gasteiger partial charge in [-0.2, -0.15) is 0 Å². The summed E-state index contributed by atoms with van der Waals surface area (Å²) in [5, 5.41) is 0.248. The highest BCUT2D eigenvalue weighted by Crippen LogP contribution is 2.36. The molecule has 6 heteroatoms. The van der Waals surface area contributed by atoms with Crippen LogP contribution in [-0.4, -0.2) is 43.7 Å². The molecule has 1 atom stereocenters. The highest BCUT2D eigenvalue weighted by molar-refractivity contribution is 7.91. The van der Waals surface area contributed by atoms with Crippen molar-refractivity contribution in [1.82, 2.24) is 0 Å². The molecule has 0 saturated heterocycles. The lowest BCUT2D eigenvalue weighted by atomic mass is 10.2. The van der Waals surface area contributed by atoms with Crippen LogP contribution in [-0.2, 0) is 20.5 Å². The van der Waals surface area contributed by atoms with Gasteiger partial charge in [0, 0.05) is 13.2 Å². The Hall–Kier alpha value is 0.117. The summed E-state index contributed by atoms with van der Waals surface area (Å²) in [6.07, 6.45) is 2.47. The lowest BCUT2D eigenvalue weighted by molar-refractivity contribution is 0.149. The van der Waals surface area contributed by atoms with E-state index in [2.05, 4.69) is 38.3 Å². The number of hydrogen-bond donors (Lipinski definition) is 0. The lowest BCUT2D eigenvalue weighted by Gasteiger charge is -2.36. The van der Waals surface area contributed by atoms with Crippen LogP contribution in [0.2, 0.25) is 18.1 Å². The Kier molecular flexibility index (Phi) is 8.72. The third-order valence-electron chi connectivity index (χ3n) is 3.59. The summed E-state index contributed by atoms with van der Waals surface area (Å²) in [4.78, 5) is 0. The van der Waals surface area contributed by atoms with Crippen LogP contribution >= 0.6 is 0 Å². The van der Waals surface area contributed by atoms with Crippen LogP contribution in [0.15, 0.2) is 4.40 Å². The predicted molar refractivity (Wildman–Crippen MR) is 95.0 cm³/mol. The van der Waals surface area contributed by atoms with Crippen molar-refractivity contribution in [2.24, 2.45) is 4.40 Å². The standard InChI is InChI=1S/C15H33NO3SSi/c1-14(2,3)20(17)16-10-13-18-11-9-12-19-21(7,8)15(4,5)6/h10H,9,11-13H2,1-8H3/b16-10+. The molecule has 0 bridgehead atoms. The molecule has 0 aromatic rings. The van der Waals surface area contributed by atoms with E-state index in [-0.39, 0.29) is 9.79 Å². The van der Waals surface area contributed by atoms with E-state index in [0.717, 1.165) is 13.0 Å². The van der Waals surface area contributed by atoms with Gasteiger partial charge in [0.1, 0.15) is 16.1 Å². The quantitative estimate of drug-likeness (QED) is 0.292. The normalized spacial score (nSPS) is 15.7. The molecule has 0 saturated carbocycles. The number of nitrogens with zero attached hydrogens (tertiary/aromatic N) is 1. The zero-order valence-corrected chi connectivity index (χ0v) is 16.8. The van der Waals surface area contributed by atoms with Crippen LogP contribution in [0.25, 0.3) is 0 Å². The van der Waals surface area contributed by atoms with Gasteiger partial charge in [0.05, 0.1) is 12.8 Å². The molecule has 1 unspecified atom stereocenters. The SMILES string of the molecule is CC(C)(C)[S+]([O-])/N=C/COCCCO[Si](C)(C)C(C)(C)C. The molecule has 0 N–H and O–H groups in total. The van der Waals surface area contributed by atoms with Gasteiger partial charge >= 0.3 is 0 Å². The third kappa shape index (κ3) is 8.98. The lowest BCUT2D eigenvalue weighted by Crippen LogP contribution is -2.41. The number of ether oxygens (including phenoxy) is 1. The molecule has 0 aromatic heterocycles. The van der Waals surface area contributed by atoms with E-state index in [1.165, 1.54) is 0 Å². The second-order valence-corrected chi connectivity index (χ2v) is 14.4. The first kappa shape index (κ1) is 21.1. The van der Waals surface area contributed by atoms with Crippen molar-refractivity contribution >= 4 is 25.9 Å². The van der Waals surface area contributed by atoms with Gasteiger partial charge < -0.3 is 13.7 Å². The molecule has 0 amide bonds. The monoisotopic (exact) mass is 335 g/mol. The van der Waals surface area contributed by atoms with Gasteiger partial charge in [-0.3, -0.25) is 0 Å². The summed E-state index contributed by atoms with van der Waals surface area (Å²) in [5.74, 6) is 0. The van der Waals surface area contributed by atoms with Crippen LogP contribution in [0.5, 0.6) is 0 Å². The largest absolute Gasteiger partial charge is 0.591 e. The smallest absolute Gasteiger partial charge is 0.191 e. The van der Waals surface area contributed by atoms with Crippen LogP contribution in [0.3, 0.4) is 0 Å². The molecule has 0 aromatic carbocycles. The second-order valence-electron chi connectivity index (χ2n) is 7.69. The molecule has 21 heavy (non-hydrogen) atoms. The molecule has 0 radical (unpaired) electrons. The minimum absolute atomic E-state index is 0.248. The molecule has 0 heterocycles. The van der Waals surface area contributed by atoms with Crippen LogP contribution in [0.4, 0.5) is 0 Å². The summed E-state index contributed by atoms with van der Waals surface area (Å²) < 4.78 is 26.8. The van der Waals surface area contributed by atoms with Crippen molar-refractivity contribution < 1.29 is 13.7 Å². The fourth-order valence-corrected chi connectivity index (χ4v) is 2.70.